The van der Waals surface area contributed by atoms with E-state index in [1.807, 2.05) is 0 Å². The summed E-state index contributed by atoms with van der Waals surface area (Å²) in [5, 5.41) is 20.9. The molecule has 0 spiro atoms. The minimum atomic E-state index is -0.544. The van der Waals surface area contributed by atoms with Crippen molar-refractivity contribution in [2.75, 3.05) is 6.61 Å². The second kappa shape index (κ2) is 8.12. The molecule has 0 aromatic heterocycles. The van der Waals surface area contributed by atoms with Crippen molar-refractivity contribution in [2.45, 2.75) is 117 Å². The first-order valence-electron chi connectivity index (χ1n) is 13.1. The lowest BCUT2D eigenvalue weighted by atomic mass is 9.44. The van der Waals surface area contributed by atoms with Gasteiger partial charge in [0.1, 0.15) is 0 Å². The Morgan fingerprint density at radius 1 is 0.931 bits per heavy atom. The summed E-state index contributed by atoms with van der Waals surface area (Å²) in [5.74, 6) is 4.53. The van der Waals surface area contributed by atoms with E-state index in [-0.39, 0.29) is 6.61 Å². The molecule has 0 aromatic rings. The standard InChI is InChI=1S/C27H48O2/c1-19(18-28)8-7-16-27(4,29)24-13-12-22-21-11-10-20-9-5-6-15-25(20,2)23(21)14-17-26(22,24)3/h19-24,28-29H,5-18H2,1-4H3/t19?,20?,21-,22-,23-,24-,25-,26-,27-/m0/s1. The molecule has 0 heterocycles. The summed E-state index contributed by atoms with van der Waals surface area (Å²) in [5.41, 5.74) is 0.409. The number of aliphatic hydroxyl groups excluding tert-OH is 1. The molecule has 0 aliphatic heterocycles. The first-order valence-corrected chi connectivity index (χ1v) is 13.1. The van der Waals surface area contributed by atoms with Gasteiger partial charge in [0.15, 0.2) is 0 Å². The second-order valence-electron chi connectivity index (χ2n) is 12.6. The lowest BCUT2D eigenvalue weighted by molar-refractivity contribution is -0.135. The molecule has 4 rings (SSSR count). The van der Waals surface area contributed by atoms with Gasteiger partial charge in [-0.2, -0.15) is 0 Å². The highest BCUT2D eigenvalue weighted by atomic mass is 16.3. The van der Waals surface area contributed by atoms with Crippen molar-refractivity contribution in [3.63, 3.8) is 0 Å². The van der Waals surface area contributed by atoms with Gasteiger partial charge in [0.05, 0.1) is 5.60 Å². The average Bonchev–Trinajstić information content (AvgIpc) is 3.05. The van der Waals surface area contributed by atoms with Crippen LogP contribution in [0.1, 0.15) is 111 Å². The number of rotatable bonds is 6. The van der Waals surface area contributed by atoms with E-state index in [2.05, 4.69) is 27.7 Å². The zero-order valence-corrected chi connectivity index (χ0v) is 19.8. The van der Waals surface area contributed by atoms with Crippen LogP contribution in [-0.4, -0.2) is 22.4 Å². The van der Waals surface area contributed by atoms with Gasteiger partial charge in [0, 0.05) is 6.61 Å². The summed E-state index contributed by atoms with van der Waals surface area (Å²) in [6, 6.07) is 0. The topological polar surface area (TPSA) is 40.5 Å². The van der Waals surface area contributed by atoms with Crippen LogP contribution in [-0.2, 0) is 0 Å². The molecule has 168 valence electrons. The van der Waals surface area contributed by atoms with Crippen molar-refractivity contribution in [1.29, 1.82) is 0 Å². The predicted octanol–water partition coefficient (Wildman–Crippen LogP) is 6.59. The van der Waals surface area contributed by atoms with Crippen LogP contribution in [0.4, 0.5) is 0 Å². The smallest absolute Gasteiger partial charge is 0.0653 e. The normalized spacial score (nSPS) is 47.6. The Bertz CT molecular complexity index is 571. The van der Waals surface area contributed by atoms with Crippen LogP contribution in [0.2, 0.25) is 0 Å². The second-order valence-corrected chi connectivity index (χ2v) is 12.6. The van der Waals surface area contributed by atoms with Gasteiger partial charge in [-0.15, -0.1) is 0 Å². The minimum absolute atomic E-state index is 0.272. The van der Waals surface area contributed by atoms with Gasteiger partial charge in [-0.25, -0.2) is 0 Å². The van der Waals surface area contributed by atoms with Gasteiger partial charge in [0.25, 0.3) is 0 Å². The average molecular weight is 405 g/mol. The Morgan fingerprint density at radius 3 is 2.45 bits per heavy atom. The highest BCUT2D eigenvalue weighted by Crippen LogP contribution is 2.68. The zero-order chi connectivity index (χ0) is 20.9. The van der Waals surface area contributed by atoms with Gasteiger partial charge in [-0.05, 0) is 117 Å². The summed E-state index contributed by atoms with van der Waals surface area (Å²) >= 11 is 0. The van der Waals surface area contributed by atoms with Gasteiger partial charge in [-0.3, -0.25) is 0 Å². The van der Waals surface area contributed by atoms with Gasteiger partial charge in [-0.1, -0.05) is 40.0 Å². The molecule has 2 N–H and O–H groups in total. The monoisotopic (exact) mass is 404 g/mol. The van der Waals surface area contributed by atoms with Gasteiger partial charge in [0.2, 0.25) is 0 Å². The highest BCUT2D eigenvalue weighted by Gasteiger charge is 2.61. The maximum Gasteiger partial charge on any atom is 0.0653 e. The van der Waals surface area contributed by atoms with Crippen LogP contribution in [0.5, 0.6) is 0 Å². The van der Waals surface area contributed by atoms with Crippen molar-refractivity contribution >= 4 is 0 Å². The fourth-order valence-corrected chi connectivity index (χ4v) is 9.39. The Labute approximate surface area is 180 Å². The number of aliphatic hydroxyl groups is 2. The van der Waals surface area contributed by atoms with Crippen LogP contribution in [0, 0.1) is 46.3 Å². The first-order chi connectivity index (χ1) is 13.7. The minimum Gasteiger partial charge on any atom is -0.396 e. The molecule has 4 aliphatic carbocycles. The molecule has 2 nitrogen and oxygen atoms in total. The lowest BCUT2D eigenvalue weighted by Crippen LogP contribution is -2.54. The number of hydrogen-bond donors (Lipinski definition) is 2. The van der Waals surface area contributed by atoms with E-state index in [4.69, 9.17) is 0 Å². The zero-order valence-electron chi connectivity index (χ0n) is 19.8. The quantitative estimate of drug-likeness (QED) is 0.524. The molecule has 0 amide bonds. The SMILES string of the molecule is CC(CO)CCC[C@](C)(O)[C@H]1CC[C@H]2[C@@H]3CCC4CCCC[C@]4(C)[C@H]3CC[C@@]21C. The fraction of sp³-hybridized carbons (Fsp3) is 1.00. The third kappa shape index (κ3) is 3.73. The van der Waals surface area contributed by atoms with E-state index in [0.29, 0.717) is 22.7 Å². The molecule has 0 saturated heterocycles. The van der Waals surface area contributed by atoms with Crippen LogP contribution in [0.15, 0.2) is 0 Å². The van der Waals surface area contributed by atoms with E-state index in [9.17, 15) is 10.2 Å². The highest BCUT2D eigenvalue weighted by molar-refractivity contribution is 5.11. The summed E-state index contributed by atoms with van der Waals surface area (Å²) < 4.78 is 0. The Hall–Kier alpha value is -0.0800. The lowest BCUT2D eigenvalue weighted by Gasteiger charge is -2.61. The van der Waals surface area contributed by atoms with E-state index < -0.39 is 5.60 Å². The van der Waals surface area contributed by atoms with Crippen molar-refractivity contribution < 1.29 is 10.2 Å². The van der Waals surface area contributed by atoms with E-state index in [1.54, 1.807) is 0 Å². The molecule has 4 aliphatic rings. The molecule has 0 radical (unpaired) electrons. The molecule has 2 heteroatoms. The van der Waals surface area contributed by atoms with Crippen LogP contribution in [0.25, 0.3) is 0 Å². The summed E-state index contributed by atoms with van der Waals surface area (Å²) in [7, 11) is 0. The Morgan fingerprint density at radius 2 is 1.69 bits per heavy atom. The maximum absolute atomic E-state index is 11.6. The molecule has 2 unspecified atom stereocenters. The Balaban J connectivity index is 1.47. The van der Waals surface area contributed by atoms with E-state index in [0.717, 1.165) is 42.9 Å². The molecular formula is C27H48O2. The number of fused-ring (bicyclic) bond motifs is 5. The maximum atomic E-state index is 11.6. The van der Waals surface area contributed by atoms with Crippen molar-refractivity contribution in [3.05, 3.63) is 0 Å². The van der Waals surface area contributed by atoms with Crippen molar-refractivity contribution in [3.8, 4) is 0 Å². The van der Waals surface area contributed by atoms with Gasteiger partial charge >= 0.3 is 0 Å². The summed E-state index contributed by atoms with van der Waals surface area (Å²) in [6.45, 7) is 9.76. The van der Waals surface area contributed by atoms with E-state index >= 15 is 0 Å². The van der Waals surface area contributed by atoms with Crippen molar-refractivity contribution in [1.82, 2.24) is 0 Å². The van der Waals surface area contributed by atoms with E-state index in [1.165, 1.54) is 64.2 Å². The predicted molar refractivity (Wildman–Crippen MR) is 121 cm³/mol. The fourth-order valence-electron chi connectivity index (χ4n) is 9.39. The molecule has 4 fully saturated rings. The molecule has 9 atom stereocenters. The molecule has 0 bridgehead atoms. The molecular weight excluding hydrogens is 356 g/mol. The third-order valence-corrected chi connectivity index (χ3v) is 11.0. The molecule has 29 heavy (non-hydrogen) atoms. The van der Waals surface area contributed by atoms with Crippen molar-refractivity contribution in [2.24, 2.45) is 46.3 Å². The van der Waals surface area contributed by atoms with Crippen LogP contribution >= 0.6 is 0 Å². The Kier molecular flexibility index (Phi) is 6.19. The van der Waals surface area contributed by atoms with Gasteiger partial charge < -0.3 is 10.2 Å². The molecule has 4 saturated carbocycles. The summed E-state index contributed by atoms with van der Waals surface area (Å²) in [4.78, 5) is 0. The number of hydrogen-bond acceptors (Lipinski definition) is 2. The largest absolute Gasteiger partial charge is 0.396 e. The first kappa shape index (κ1) is 22.1. The molecule has 0 aromatic carbocycles. The van der Waals surface area contributed by atoms with Crippen LogP contribution in [0.3, 0.4) is 0 Å². The van der Waals surface area contributed by atoms with Crippen LogP contribution < -0.4 is 0 Å². The summed E-state index contributed by atoms with van der Waals surface area (Å²) in [6.07, 6.45) is 17.2. The third-order valence-electron chi connectivity index (χ3n) is 11.0.